The summed E-state index contributed by atoms with van der Waals surface area (Å²) in [6, 6.07) is 15.5. The van der Waals surface area contributed by atoms with E-state index in [2.05, 4.69) is 11.9 Å². The van der Waals surface area contributed by atoms with Crippen LogP contribution in [-0.2, 0) is 9.53 Å². The summed E-state index contributed by atoms with van der Waals surface area (Å²) in [5.41, 5.74) is 2.74. The second kappa shape index (κ2) is 13.6. The van der Waals surface area contributed by atoms with Crippen LogP contribution in [0.4, 0.5) is 5.69 Å². The zero-order valence-corrected chi connectivity index (χ0v) is 18.5. The van der Waals surface area contributed by atoms with Crippen LogP contribution in [0, 0.1) is 0 Å². The van der Waals surface area contributed by atoms with Gasteiger partial charge in [0.1, 0.15) is 12.4 Å². The van der Waals surface area contributed by atoms with E-state index in [1.165, 1.54) is 25.3 Å². The van der Waals surface area contributed by atoms with Crippen molar-refractivity contribution in [1.82, 2.24) is 0 Å². The molecule has 0 fully saturated rings. The van der Waals surface area contributed by atoms with Crippen LogP contribution < -0.4 is 4.74 Å². The molecular weight excluding hydrogens is 398 g/mol. The lowest BCUT2D eigenvalue weighted by atomic mass is 10.2. The van der Waals surface area contributed by atoms with Crippen molar-refractivity contribution in [2.45, 2.75) is 44.9 Å². The summed E-state index contributed by atoms with van der Waals surface area (Å²) in [6.07, 6.45) is 9.72. The zero-order chi connectivity index (χ0) is 21.6. The summed E-state index contributed by atoms with van der Waals surface area (Å²) in [5.74, 6) is 0.483. The predicted molar refractivity (Wildman–Crippen MR) is 125 cm³/mol. The molecule has 2 rings (SSSR count). The van der Waals surface area contributed by atoms with E-state index in [-0.39, 0.29) is 12.0 Å². The number of hydrogen-bond acceptors (Lipinski definition) is 4. The molecule has 0 radical (unpaired) electrons. The molecule has 5 heteroatoms. The zero-order valence-electron chi connectivity index (χ0n) is 17.7. The van der Waals surface area contributed by atoms with Crippen LogP contribution in [0.3, 0.4) is 0 Å². The van der Waals surface area contributed by atoms with E-state index in [0.29, 0.717) is 0 Å². The Kier molecular flexibility index (Phi) is 10.7. The highest BCUT2D eigenvalue weighted by Gasteiger charge is 2.01. The number of aliphatic imine (C=N–C) groups is 1. The summed E-state index contributed by atoms with van der Waals surface area (Å²) in [5, 5.41) is -0.196. The number of esters is 1. The van der Waals surface area contributed by atoms with E-state index in [0.717, 1.165) is 35.6 Å². The normalized spacial score (nSPS) is 12.4. The van der Waals surface area contributed by atoms with Gasteiger partial charge in [0.05, 0.1) is 17.7 Å². The second-order valence-electron chi connectivity index (χ2n) is 7.07. The minimum atomic E-state index is -0.405. The third kappa shape index (κ3) is 9.75. The molecule has 0 heterocycles. The van der Waals surface area contributed by atoms with Gasteiger partial charge in [-0.15, -0.1) is 11.6 Å². The summed E-state index contributed by atoms with van der Waals surface area (Å²) in [7, 11) is 0. The molecule has 160 valence electrons. The third-order valence-electron chi connectivity index (χ3n) is 4.27. The number of hydrogen-bond donors (Lipinski definition) is 0. The Balaban J connectivity index is 1.81. The molecule has 0 spiro atoms. The fourth-order valence-corrected chi connectivity index (χ4v) is 2.66. The highest BCUT2D eigenvalue weighted by molar-refractivity contribution is 6.20. The number of ether oxygens (including phenoxy) is 2. The van der Waals surface area contributed by atoms with Crippen LogP contribution in [0.25, 0.3) is 6.08 Å². The number of carbonyl (C=O) groups is 1. The van der Waals surface area contributed by atoms with Crippen LogP contribution in [0.1, 0.15) is 50.7 Å². The van der Waals surface area contributed by atoms with Gasteiger partial charge in [0.2, 0.25) is 0 Å². The second-order valence-corrected chi connectivity index (χ2v) is 7.82. The van der Waals surface area contributed by atoms with E-state index < -0.39 is 5.97 Å². The molecule has 0 N–H and O–H groups in total. The standard InChI is InChI=1S/C25H30ClNO3/c1-3-4-5-6-17-29-24-14-9-22(10-15-24)18-27-23-12-7-21(8-13-23)11-16-25(28)30-19-20(2)26/h7-16,18,20H,3-6,17,19H2,1-2H3/b16-11+,27-18?. The van der Waals surface area contributed by atoms with Crippen molar-refractivity contribution in [2.75, 3.05) is 13.2 Å². The number of rotatable bonds is 12. The van der Waals surface area contributed by atoms with E-state index in [4.69, 9.17) is 21.1 Å². The van der Waals surface area contributed by atoms with Crippen molar-refractivity contribution in [3.8, 4) is 5.75 Å². The van der Waals surface area contributed by atoms with Gasteiger partial charge < -0.3 is 9.47 Å². The van der Waals surface area contributed by atoms with Gasteiger partial charge in [-0.1, -0.05) is 38.3 Å². The first-order chi connectivity index (χ1) is 14.6. The molecule has 0 bridgehead atoms. The van der Waals surface area contributed by atoms with Gasteiger partial charge >= 0.3 is 5.97 Å². The molecule has 2 aromatic carbocycles. The first-order valence-corrected chi connectivity index (χ1v) is 10.9. The summed E-state index contributed by atoms with van der Waals surface area (Å²) in [6.45, 7) is 4.94. The molecular formula is C25H30ClNO3. The number of alkyl halides is 1. The number of carbonyl (C=O) groups excluding carboxylic acids is 1. The SMILES string of the molecule is CCCCCCOc1ccc(C=Nc2ccc(/C=C/C(=O)OCC(C)Cl)cc2)cc1. The monoisotopic (exact) mass is 427 g/mol. The summed E-state index contributed by atoms with van der Waals surface area (Å²) >= 11 is 5.75. The van der Waals surface area contributed by atoms with Gasteiger partial charge in [-0.3, -0.25) is 4.99 Å². The van der Waals surface area contributed by atoms with Gasteiger partial charge in [0, 0.05) is 12.3 Å². The van der Waals surface area contributed by atoms with Crippen LogP contribution in [-0.4, -0.2) is 30.8 Å². The van der Waals surface area contributed by atoms with Crippen molar-refractivity contribution in [3.63, 3.8) is 0 Å². The fourth-order valence-electron chi connectivity index (χ4n) is 2.60. The minimum absolute atomic E-state index is 0.196. The lowest BCUT2D eigenvalue weighted by Crippen LogP contribution is -2.09. The highest BCUT2D eigenvalue weighted by Crippen LogP contribution is 2.16. The molecule has 1 atom stereocenters. The molecule has 0 aliphatic carbocycles. The average molecular weight is 428 g/mol. The lowest BCUT2D eigenvalue weighted by Gasteiger charge is -2.05. The predicted octanol–water partition coefficient (Wildman–Crippen LogP) is 6.58. The Morgan fingerprint density at radius 1 is 1.03 bits per heavy atom. The number of halogens is 1. The summed E-state index contributed by atoms with van der Waals surface area (Å²) in [4.78, 5) is 16.1. The molecule has 0 aliphatic heterocycles. The van der Waals surface area contributed by atoms with Gasteiger partial charge in [-0.05, 0) is 66.9 Å². The maximum absolute atomic E-state index is 11.6. The van der Waals surface area contributed by atoms with E-state index >= 15 is 0 Å². The average Bonchev–Trinajstić information content (AvgIpc) is 2.76. The number of unbranched alkanes of at least 4 members (excludes halogenated alkanes) is 3. The van der Waals surface area contributed by atoms with Crippen LogP contribution in [0.15, 0.2) is 59.6 Å². The smallest absolute Gasteiger partial charge is 0.330 e. The van der Waals surface area contributed by atoms with Crippen LogP contribution in [0.2, 0.25) is 0 Å². The maximum Gasteiger partial charge on any atom is 0.330 e. The highest BCUT2D eigenvalue weighted by atomic mass is 35.5. The Bertz CT molecular complexity index is 811. The Morgan fingerprint density at radius 3 is 2.40 bits per heavy atom. The van der Waals surface area contributed by atoms with Gasteiger partial charge in [0.25, 0.3) is 0 Å². The molecule has 4 nitrogen and oxygen atoms in total. The largest absolute Gasteiger partial charge is 0.494 e. The van der Waals surface area contributed by atoms with Crippen molar-refractivity contribution >= 4 is 35.5 Å². The van der Waals surface area contributed by atoms with Crippen LogP contribution >= 0.6 is 11.6 Å². The third-order valence-corrected chi connectivity index (χ3v) is 4.40. The van der Waals surface area contributed by atoms with E-state index in [1.54, 1.807) is 13.0 Å². The Hall–Kier alpha value is -2.59. The Labute approximate surface area is 184 Å². The lowest BCUT2D eigenvalue weighted by molar-refractivity contribution is -0.137. The van der Waals surface area contributed by atoms with Gasteiger partial charge in [-0.2, -0.15) is 0 Å². The molecule has 0 saturated heterocycles. The first-order valence-electron chi connectivity index (χ1n) is 10.4. The van der Waals surface area contributed by atoms with Crippen molar-refractivity contribution in [2.24, 2.45) is 4.99 Å². The number of benzene rings is 2. The molecule has 0 aromatic heterocycles. The van der Waals surface area contributed by atoms with Crippen LogP contribution in [0.5, 0.6) is 5.75 Å². The summed E-state index contributed by atoms with van der Waals surface area (Å²) < 4.78 is 10.8. The molecule has 0 amide bonds. The van der Waals surface area contributed by atoms with Gasteiger partial charge in [0.15, 0.2) is 0 Å². The Morgan fingerprint density at radius 2 is 1.73 bits per heavy atom. The van der Waals surface area contributed by atoms with Crippen molar-refractivity contribution in [3.05, 3.63) is 65.7 Å². The van der Waals surface area contributed by atoms with E-state index in [1.807, 2.05) is 54.7 Å². The van der Waals surface area contributed by atoms with Crippen molar-refractivity contribution < 1.29 is 14.3 Å². The molecule has 30 heavy (non-hydrogen) atoms. The molecule has 2 aromatic rings. The first kappa shape index (κ1) is 23.7. The molecule has 0 saturated carbocycles. The van der Waals surface area contributed by atoms with E-state index in [9.17, 15) is 4.79 Å². The molecule has 0 aliphatic rings. The minimum Gasteiger partial charge on any atom is -0.494 e. The van der Waals surface area contributed by atoms with Crippen molar-refractivity contribution in [1.29, 1.82) is 0 Å². The maximum atomic E-state index is 11.6. The quantitative estimate of drug-likeness (QED) is 0.126. The molecule has 1 unspecified atom stereocenters. The number of nitrogens with zero attached hydrogens (tertiary/aromatic N) is 1. The van der Waals surface area contributed by atoms with Gasteiger partial charge in [-0.25, -0.2) is 4.79 Å². The topological polar surface area (TPSA) is 47.9 Å². The fraction of sp³-hybridized carbons (Fsp3) is 0.360.